The molecule has 0 aliphatic carbocycles. The molecule has 0 heterocycles. The molecule has 0 aromatic heterocycles. The topological polar surface area (TPSA) is 51.0 Å². The molecule has 15 heavy (non-hydrogen) atoms. The summed E-state index contributed by atoms with van der Waals surface area (Å²) >= 11 is 0. The van der Waals surface area contributed by atoms with Gasteiger partial charge in [-0.15, -0.1) is 0 Å². The van der Waals surface area contributed by atoms with Gasteiger partial charge in [-0.1, -0.05) is 18.1 Å². The summed E-state index contributed by atoms with van der Waals surface area (Å²) in [4.78, 5) is 0. The molecule has 0 amide bonds. The van der Waals surface area contributed by atoms with Crippen molar-refractivity contribution >= 4 is 6.21 Å². The average molecular weight is 209 g/mol. The Bertz CT molecular complexity index is 337. The predicted molar refractivity (Wildman–Crippen MR) is 58.2 cm³/mol. The van der Waals surface area contributed by atoms with Gasteiger partial charge in [-0.2, -0.15) is 0 Å². The van der Waals surface area contributed by atoms with Crippen LogP contribution in [-0.2, 0) is 0 Å². The van der Waals surface area contributed by atoms with Gasteiger partial charge >= 0.3 is 0 Å². The van der Waals surface area contributed by atoms with E-state index >= 15 is 0 Å². The largest absolute Gasteiger partial charge is 0.493 e. The van der Waals surface area contributed by atoms with Crippen molar-refractivity contribution in [3.8, 4) is 11.5 Å². The minimum Gasteiger partial charge on any atom is -0.493 e. The highest BCUT2D eigenvalue weighted by molar-refractivity contribution is 5.84. The Morgan fingerprint density at radius 3 is 2.87 bits per heavy atom. The van der Waals surface area contributed by atoms with Gasteiger partial charge in [0.1, 0.15) is 0 Å². The summed E-state index contributed by atoms with van der Waals surface area (Å²) < 4.78 is 10.7. The highest BCUT2D eigenvalue weighted by atomic mass is 16.5. The summed E-state index contributed by atoms with van der Waals surface area (Å²) in [5, 5.41) is 11.5. The van der Waals surface area contributed by atoms with E-state index in [-0.39, 0.29) is 0 Å². The summed E-state index contributed by atoms with van der Waals surface area (Å²) in [5.41, 5.74) is 0.699. The molecule has 4 nitrogen and oxygen atoms in total. The first-order valence-corrected chi connectivity index (χ1v) is 4.80. The van der Waals surface area contributed by atoms with Crippen LogP contribution in [0.15, 0.2) is 23.4 Å². The smallest absolute Gasteiger partial charge is 0.170 e. The molecular formula is C11H15NO3. The lowest BCUT2D eigenvalue weighted by Crippen LogP contribution is -2.01. The Morgan fingerprint density at radius 1 is 1.47 bits per heavy atom. The lowest BCUT2D eigenvalue weighted by Gasteiger charge is -2.11. The van der Waals surface area contributed by atoms with E-state index in [9.17, 15) is 0 Å². The number of para-hydroxylation sites is 1. The molecule has 0 atom stereocenters. The minimum absolute atomic E-state index is 0.604. The van der Waals surface area contributed by atoms with Gasteiger partial charge < -0.3 is 14.7 Å². The van der Waals surface area contributed by atoms with E-state index in [2.05, 4.69) is 5.16 Å². The molecule has 0 aliphatic heterocycles. The van der Waals surface area contributed by atoms with E-state index in [1.165, 1.54) is 6.21 Å². The Morgan fingerprint density at radius 2 is 2.27 bits per heavy atom. The van der Waals surface area contributed by atoms with Crippen molar-refractivity contribution in [2.45, 2.75) is 13.3 Å². The summed E-state index contributed by atoms with van der Waals surface area (Å²) in [7, 11) is 1.58. The second-order valence-corrected chi connectivity index (χ2v) is 2.97. The molecule has 1 rings (SSSR count). The number of rotatable bonds is 5. The zero-order valence-electron chi connectivity index (χ0n) is 8.93. The fourth-order valence-corrected chi connectivity index (χ4v) is 1.22. The average Bonchev–Trinajstić information content (AvgIpc) is 2.27. The molecule has 0 spiro atoms. The monoisotopic (exact) mass is 209 g/mol. The first-order valence-electron chi connectivity index (χ1n) is 4.80. The van der Waals surface area contributed by atoms with E-state index in [0.717, 1.165) is 6.42 Å². The fourth-order valence-electron chi connectivity index (χ4n) is 1.22. The van der Waals surface area contributed by atoms with Gasteiger partial charge in [-0.05, 0) is 18.6 Å². The van der Waals surface area contributed by atoms with E-state index in [4.69, 9.17) is 14.7 Å². The molecule has 0 saturated heterocycles. The second kappa shape index (κ2) is 5.90. The third kappa shape index (κ3) is 2.87. The van der Waals surface area contributed by atoms with Crippen LogP contribution in [0, 0.1) is 0 Å². The third-order valence-corrected chi connectivity index (χ3v) is 1.88. The van der Waals surface area contributed by atoms with Crippen molar-refractivity contribution in [2.24, 2.45) is 5.16 Å². The molecule has 0 aliphatic rings. The summed E-state index contributed by atoms with van der Waals surface area (Å²) in [6.45, 7) is 2.63. The van der Waals surface area contributed by atoms with Crippen molar-refractivity contribution in [3.05, 3.63) is 23.8 Å². The Balaban J connectivity index is 3.02. The van der Waals surface area contributed by atoms with Crippen LogP contribution < -0.4 is 9.47 Å². The van der Waals surface area contributed by atoms with Crippen molar-refractivity contribution < 1.29 is 14.7 Å². The molecule has 1 aromatic carbocycles. The Labute approximate surface area is 89.1 Å². The molecule has 82 valence electrons. The van der Waals surface area contributed by atoms with Gasteiger partial charge in [0, 0.05) is 5.56 Å². The van der Waals surface area contributed by atoms with Gasteiger partial charge in [0.15, 0.2) is 11.5 Å². The van der Waals surface area contributed by atoms with Crippen LogP contribution in [0.3, 0.4) is 0 Å². The molecule has 0 saturated carbocycles. The van der Waals surface area contributed by atoms with Gasteiger partial charge in [0.25, 0.3) is 0 Å². The second-order valence-electron chi connectivity index (χ2n) is 2.97. The lowest BCUT2D eigenvalue weighted by atomic mass is 10.2. The zero-order chi connectivity index (χ0) is 11.1. The Hall–Kier alpha value is -1.71. The predicted octanol–water partition coefficient (Wildman–Crippen LogP) is 2.29. The van der Waals surface area contributed by atoms with Crippen LogP contribution >= 0.6 is 0 Å². The molecule has 0 bridgehead atoms. The van der Waals surface area contributed by atoms with Crippen LogP contribution in [0.4, 0.5) is 0 Å². The Kier molecular flexibility index (Phi) is 4.47. The molecule has 0 unspecified atom stereocenters. The number of benzene rings is 1. The number of ether oxygens (including phenoxy) is 2. The minimum atomic E-state index is 0.604. The van der Waals surface area contributed by atoms with Crippen LogP contribution in [0.2, 0.25) is 0 Å². The maximum Gasteiger partial charge on any atom is 0.170 e. The van der Waals surface area contributed by atoms with Crippen LogP contribution in [0.1, 0.15) is 18.9 Å². The van der Waals surface area contributed by atoms with Gasteiger partial charge in [-0.25, -0.2) is 0 Å². The van der Waals surface area contributed by atoms with Crippen LogP contribution in [-0.4, -0.2) is 25.1 Å². The van der Waals surface area contributed by atoms with E-state index < -0.39 is 0 Å². The quantitative estimate of drug-likeness (QED) is 0.460. The number of methoxy groups -OCH3 is 1. The van der Waals surface area contributed by atoms with Crippen molar-refractivity contribution in [2.75, 3.05) is 13.7 Å². The first kappa shape index (κ1) is 11.4. The zero-order valence-corrected chi connectivity index (χ0v) is 8.93. The molecule has 0 fully saturated rings. The molecule has 1 N–H and O–H groups in total. The van der Waals surface area contributed by atoms with E-state index in [1.54, 1.807) is 19.2 Å². The normalized spacial score (nSPS) is 10.5. The van der Waals surface area contributed by atoms with Crippen molar-refractivity contribution in [1.29, 1.82) is 0 Å². The van der Waals surface area contributed by atoms with Gasteiger partial charge in [-0.3, -0.25) is 0 Å². The molecule has 1 aromatic rings. The lowest BCUT2D eigenvalue weighted by molar-refractivity contribution is 0.293. The van der Waals surface area contributed by atoms with E-state index in [0.29, 0.717) is 23.7 Å². The maximum absolute atomic E-state index is 8.51. The fraction of sp³-hybridized carbons (Fsp3) is 0.364. The van der Waals surface area contributed by atoms with Crippen molar-refractivity contribution in [1.82, 2.24) is 0 Å². The number of hydrogen-bond donors (Lipinski definition) is 1. The van der Waals surface area contributed by atoms with Crippen LogP contribution in [0.5, 0.6) is 11.5 Å². The van der Waals surface area contributed by atoms with Crippen molar-refractivity contribution in [3.63, 3.8) is 0 Å². The van der Waals surface area contributed by atoms with Gasteiger partial charge in [0.05, 0.1) is 19.9 Å². The summed E-state index contributed by atoms with van der Waals surface area (Å²) in [6, 6.07) is 5.42. The van der Waals surface area contributed by atoms with E-state index in [1.807, 2.05) is 13.0 Å². The number of nitrogens with zero attached hydrogens (tertiary/aromatic N) is 1. The number of oxime groups is 1. The third-order valence-electron chi connectivity index (χ3n) is 1.88. The molecule has 4 heteroatoms. The van der Waals surface area contributed by atoms with Crippen LogP contribution in [0.25, 0.3) is 0 Å². The highest BCUT2D eigenvalue weighted by Gasteiger charge is 2.08. The highest BCUT2D eigenvalue weighted by Crippen LogP contribution is 2.30. The maximum atomic E-state index is 8.51. The first-order chi connectivity index (χ1) is 7.33. The summed E-state index contributed by atoms with van der Waals surface area (Å²) in [5.74, 6) is 1.25. The standard InChI is InChI=1S/C11H15NO3/c1-3-7-15-11-9(8-12-13)5-4-6-10(11)14-2/h4-6,8,13H,3,7H2,1-2H3/b12-8-. The SMILES string of the molecule is CCCOc1c(/C=N\O)cccc1OC. The summed E-state index contributed by atoms with van der Waals surface area (Å²) in [6.07, 6.45) is 2.24. The number of hydrogen-bond acceptors (Lipinski definition) is 4. The van der Waals surface area contributed by atoms with Gasteiger partial charge in [0.2, 0.25) is 0 Å². The molecule has 0 radical (unpaired) electrons. The molecular weight excluding hydrogens is 194 g/mol.